The van der Waals surface area contributed by atoms with Gasteiger partial charge in [-0.2, -0.15) is 0 Å². The zero-order valence-corrected chi connectivity index (χ0v) is 41.0. The van der Waals surface area contributed by atoms with Crippen molar-refractivity contribution in [3.8, 4) is 22.3 Å². The second kappa shape index (κ2) is 15.8. The van der Waals surface area contributed by atoms with Gasteiger partial charge in [-0.05, 0) is 172 Å². The topological polar surface area (TPSA) is 8.17 Å². The second-order valence-electron chi connectivity index (χ2n) is 21.4. The molecule has 0 amide bonds. The number of fused-ring (bicyclic) bond motifs is 12. The van der Waals surface area contributed by atoms with Crippen LogP contribution in [0.2, 0.25) is 0 Å². The van der Waals surface area contributed by atoms with Crippen molar-refractivity contribution in [3.63, 3.8) is 0 Å². The van der Waals surface area contributed by atoms with Crippen LogP contribution in [0.1, 0.15) is 128 Å². The Bertz CT molecular complexity index is 3400. The highest BCUT2D eigenvalue weighted by Crippen LogP contribution is 2.55. The number of aromatic nitrogens is 1. The Kier molecular flexibility index (Phi) is 9.99. The van der Waals surface area contributed by atoms with Gasteiger partial charge >= 0.3 is 6.85 Å². The fourth-order valence-corrected chi connectivity index (χ4v) is 13.7. The molecule has 0 saturated carbocycles. The number of rotatable bonds is 11. The maximum absolute atomic E-state index is 2.82. The lowest BCUT2D eigenvalue weighted by atomic mass is 9.48. The van der Waals surface area contributed by atoms with E-state index in [0.29, 0.717) is 0 Å². The highest BCUT2D eigenvalue weighted by atomic mass is 32.1. The lowest BCUT2D eigenvalue weighted by molar-refractivity contribution is 0.332. The molecule has 0 atom stereocenters. The summed E-state index contributed by atoms with van der Waals surface area (Å²) in [6.45, 7) is 16.9. The molecule has 4 heteroatoms. The van der Waals surface area contributed by atoms with E-state index in [1.165, 1.54) is 171 Å². The number of hydrogen-bond donors (Lipinski definition) is 0. The lowest BCUT2D eigenvalue weighted by Gasteiger charge is -2.42. The fraction of sp³-hybridized carbons (Fsp3) is 0.323. The molecule has 2 nitrogen and oxygen atoms in total. The first-order valence-electron chi connectivity index (χ1n) is 25.4. The number of hydrogen-bond acceptors (Lipinski definition) is 2. The maximum Gasteiger partial charge on any atom is 0.343 e. The summed E-state index contributed by atoms with van der Waals surface area (Å²) in [6, 6.07) is 48.5. The van der Waals surface area contributed by atoms with Gasteiger partial charge in [-0.25, -0.2) is 0 Å². The van der Waals surface area contributed by atoms with Crippen LogP contribution < -0.4 is 15.1 Å². The lowest BCUT2D eigenvalue weighted by Crippen LogP contribution is -2.55. The van der Waals surface area contributed by atoms with E-state index in [-0.39, 0.29) is 17.7 Å². The predicted octanol–water partition coefficient (Wildman–Crippen LogP) is 16.6. The molecule has 2 aromatic heterocycles. The number of unbranched alkanes of at least 4 members (excludes halogenated alkanes) is 3. The van der Waals surface area contributed by atoms with Gasteiger partial charge in [-0.3, -0.25) is 0 Å². The zero-order chi connectivity index (χ0) is 45.1. The third kappa shape index (κ3) is 6.33. The number of aryl methyl sites for hydroxylation is 3. The van der Waals surface area contributed by atoms with Crippen molar-refractivity contribution in [2.75, 3.05) is 4.90 Å². The van der Waals surface area contributed by atoms with Gasteiger partial charge in [0.05, 0.1) is 11.4 Å². The van der Waals surface area contributed by atoms with E-state index < -0.39 is 0 Å². The van der Waals surface area contributed by atoms with Gasteiger partial charge in [-0.15, -0.1) is 11.3 Å². The molecule has 9 aromatic rings. The van der Waals surface area contributed by atoms with Crippen LogP contribution in [0.4, 0.5) is 17.1 Å². The molecule has 330 valence electrons. The van der Waals surface area contributed by atoms with Crippen LogP contribution in [0.15, 0.2) is 121 Å². The fourth-order valence-electron chi connectivity index (χ4n) is 12.4. The molecule has 0 fully saturated rings. The van der Waals surface area contributed by atoms with Crippen LogP contribution in [0.25, 0.3) is 64.9 Å². The minimum Gasteiger partial charge on any atom is -0.375 e. The number of thiophene rings is 1. The molecular formula is C62H63BN2S. The van der Waals surface area contributed by atoms with Crippen molar-refractivity contribution in [1.82, 2.24) is 4.48 Å². The normalized spacial score (nSPS) is 15.5. The quantitative estimate of drug-likeness (QED) is 0.118. The molecule has 0 N–H and O–H groups in total. The Hall–Kier alpha value is -5.58. The van der Waals surface area contributed by atoms with Gasteiger partial charge < -0.3 is 9.38 Å². The van der Waals surface area contributed by atoms with Gasteiger partial charge in [0.1, 0.15) is 0 Å². The molecule has 1 aliphatic carbocycles. The summed E-state index contributed by atoms with van der Waals surface area (Å²) < 4.78 is 5.68. The minimum atomic E-state index is 0.0146. The summed E-state index contributed by atoms with van der Waals surface area (Å²) in [5.41, 5.74) is 21.1. The maximum atomic E-state index is 2.82. The largest absolute Gasteiger partial charge is 0.375 e. The Labute approximate surface area is 396 Å². The smallest absolute Gasteiger partial charge is 0.343 e. The number of anilines is 3. The summed E-state index contributed by atoms with van der Waals surface area (Å²) in [4.78, 5) is 2.76. The molecule has 66 heavy (non-hydrogen) atoms. The van der Waals surface area contributed by atoms with E-state index in [0.717, 1.165) is 19.3 Å². The zero-order valence-electron chi connectivity index (χ0n) is 40.2. The highest BCUT2D eigenvalue weighted by Gasteiger charge is 2.47. The third-order valence-electron chi connectivity index (χ3n) is 16.1. The molecule has 0 spiro atoms. The number of benzene rings is 7. The SMILES string of the molecule is CCCCc1ccc(N2c3cc4ccccc4c4c3B(c3sc5cc6c(cc5c32)C(C)(C)CCC6(C)C)n2c3ccc(CCCC)cc3c3cc(CCCC)cc-4c32)c(-c2ccccc2)c1. The summed E-state index contributed by atoms with van der Waals surface area (Å²) >= 11 is 2.07. The second-order valence-corrected chi connectivity index (χ2v) is 22.5. The average molecular weight is 879 g/mol. The van der Waals surface area contributed by atoms with Gasteiger partial charge in [-0.1, -0.05) is 134 Å². The summed E-state index contributed by atoms with van der Waals surface area (Å²) in [6.07, 6.45) is 12.9. The van der Waals surface area contributed by atoms with Crippen LogP contribution in [-0.2, 0) is 30.1 Å². The molecule has 7 aromatic carbocycles. The standard InChI is InChI=1S/C62H63BN2S/c1-8-11-19-39-26-28-52(45(32-39)42-22-15-14-16-23-42)64-54-36-43-24-17-18-25-44(43)56-49-35-41(21-13-10-3)34-47-46-33-40(20-12-9-2)27-29-53(46)65(58(47)49)63(57(54)56)60-59(64)48-37-50-51(38-55(48)66-60)62(6,7)31-30-61(50,4)5/h14-18,22-29,32-38H,8-13,19-21,30-31H2,1-7H3. The summed E-state index contributed by atoms with van der Waals surface area (Å²) in [5, 5.41) is 6.89. The van der Waals surface area contributed by atoms with Gasteiger partial charge in [0.15, 0.2) is 0 Å². The van der Waals surface area contributed by atoms with Crippen molar-refractivity contribution < 1.29 is 0 Å². The molecule has 0 bridgehead atoms. The minimum absolute atomic E-state index is 0.0146. The van der Waals surface area contributed by atoms with E-state index >= 15 is 0 Å². The van der Waals surface area contributed by atoms with E-state index in [2.05, 4.69) is 191 Å². The summed E-state index contributed by atoms with van der Waals surface area (Å²) in [5.74, 6) is 0. The molecule has 3 aliphatic rings. The number of nitrogens with zero attached hydrogens (tertiary/aromatic N) is 2. The monoisotopic (exact) mass is 878 g/mol. The molecule has 0 unspecified atom stereocenters. The molecule has 2 aliphatic heterocycles. The van der Waals surface area contributed by atoms with E-state index in [4.69, 9.17) is 0 Å². The van der Waals surface area contributed by atoms with Gasteiger partial charge in [0.25, 0.3) is 0 Å². The van der Waals surface area contributed by atoms with E-state index in [9.17, 15) is 0 Å². The Morgan fingerprint density at radius 1 is 0.561 bits per heavy atom. The van der Waals surface area contributed by atoms with Gasteiger partial charge in [0, 0.05) is 53.5 Å². The van der Waals surface area contributed by atoms with Crippen molar-refractivity contribution in [2.24, 2.45) is 0 Å². The van der Waals surface area contributed by atoms with Gasteiger partial charge in [0.2, 0.25) is 0 Å². The molecule has 0 radical (unpaired) electrons. The Morgan fingerprint density at radius 3 is 1.94 bits per heavy atom. The average Bonchev–Trinajstić information content (AvgIpc) is 3.87. The van der Waals surface area contributed by atoms with Crippen LogP contribution in [0, 0.1) is 0 Å². The molecule has 0 saturated heterocycles. The van der Waals surface area contributed by atoms with Crippen LogP contribution in [0.3, 0.4) is 0 Å². The first-order valence-corrected chi connectivity index (χ1v) is 26.2. The summed E-state index contributed by atoms with van der Waals surface area (Å²) in [7, 11) is 0. The first-order chi connectivity index (χ1) is 32.1. The van der Waals surface area contributed by atoms with E-state index in [1.54, 1.807) is 0 Å². The molecule has 4 heterocycles. The first kappa shape index (κ1) is 41.8. The highest BCUT2D eigenvalue weighted by molar-refractivity contribution is 7.32. The van der Waals surface area contributed by atoms with Crippen LogP contribution in [0.5, 0.6) is 0 Å². The Balaban J connectivity index is 1.26. The van der Waals surface area contributed by atoms with Crippen LogP contribution in [-0.4, -0.2) is 11.3 Å². The molecular weight excluding hydrogens is 816 g/mol. The third-order valence-corrected chi connectivity index (χ3v) is 17.3. The predicted molar refractivity (Wildman–Crippen MR) is 289 cm³/mol. The Morgan fingerprint density at radius 2 is 1.20 bits per heavy atom. The van der Waals surface area contributed by atoms with E-state index in [1.807, 2.05) is 0 Å². The van der Waals surface area contributed by atoms with Crippen LogP contribution >= 0.6 is 11.3 Å². The molecule has 12 rings (SSSR count). The van der Waals surface area contributed by atoms with Crippen molar-refractivity contribution >= 4 is 88.2 Å². The van der Waals surface area contributed by atoms with Crippen molar-refractivity contribution in [2.45, 2.75) is 130 Å². The van der Waals surface area contributed by atoms with Crippen molar-refractivity contribution in [1.29, 1.82) is 0 Å². The van der Waals surface area contributed by atoms with Crippen molar-refractivity contribution in [3.05, 3.63) is 149 Å².